The Bertz CT molecular complexity index is 643. The molecule has 0 aliphatic carbocycles. The van der Waals surface area contributed by atoms with Crippen LogP contribution in [-0.2, 0) is 11.0 Å². The maximum absolute atomic E-state index is 12.4. The highest BCUT2D eigenvalue weighted by Crippen LogP contribution is 2.30. The third-order valence-electron chi connectivity index (χ3n) is 2.55. The lowest BCUT2D eigenvalue weighted by atomic mass is 10.2. The number of pyridine rings is 1. The third-order valence-corrected chi connectivity index (χ3v) is 2.77. The number of aromatic nitrogens is 1. The van der Waals surface area contributed by atoms with E-state index < -0.39 is 17.6 Å². The molecule has 0 spiro atoms. The first-order valence-electron chi connectivity index (χ1n) is 6.06. The first-order chi connectivity index (χ1) is 10.3. The van der Waals surface area contributed by atoms with Gasteiger partial charge in [-0.25, -0.2) is 4.98 Å². The average Bonchev–Trinajstić information content (AvgIpc) is 2.47. The first kappa shape index (κ1) is 16.1. The van der Waals surface area contributed by atoms with Crippen molar-refractivity contribution in [1.82, 2.24) is 4.98 Å². The fraction of sp³-hybridized carbons (Fsp3) is 0.143. The normalized spacial score (nSPS) is 11.1. The highest BCUT2D eigenvalue weighted by Gasteiger charge is 2.30. The van der Waals surface area contributed by atoms with Gasteiger partial charge in [0.05, 0.1) is 10.6 Å². The van der Waals surface area contributed by atoms with E-state index in [1.165, 1.54) is 12.3 Å². The standard InChI is InChI=1S/C14H10ClF3N2O2/c15-10-3-6-12(19-7-10)20-13(21)8-22-11-4-1-9(2-5-11)14(16,17)18/h1-7H,8H2,(H,19,20,21). The molecule has 0 saturated heterocycles. The van der Waals surface area contributed by atoms with Gasteiger partial charge in [0.1, 0.15) is 11.6 Å². The van der Waals surface area contributed by atoms with Gasteiger partial charge < -0.3 is 10.1 Å². The van der Waals surface area contributed by atoms with Crippen LogP contribution in [-0.4, -0.2) is 17.5 Å². The molecule has 2 aromatic rings. The molecule has 2 rings (SSSR count). The number of halogens is 4. The zero-order valence-corrected chi connectivity index (χ0v) is 11.8. The molecule has 22 heavy (non-hydrogen) atoms. The molecule has 0 atom stereocenters. The van der Waals surface area contributed by atoms with E-state index >= 15 is 0 Å². The predicted molar refractivity (Wildman–Crippen MR) is 74.8 cm³/mol. The number of ether oxygens (including phenoxy) is 1. The van der Waals surface area contributed by atoms with Crippen LogP contribution in [0.4, 0.5) is 19.0 Å². The van der Waals surface area contributed by atoms with Crippen molar-refractivity contribution in [2.75, 3.05) is 11.9 Å². The van der Waals surface area contributed by atoms with Crippen molar-refractivity contribution in [2.24, 2.45) is 0 Å². The van der Waals surface area contributed by atoms with Crippen LogP contribution >= 0.6 is 11.6 Å². The Balaban J connectivity index is 1.87. The monoisotopic (exact) mass is 330 g/mol. The van der Waals surface area contributed by atoms with Crippen LogP contribution in [0.15, 0.2) is 42.6 Å². The van der Waals surface area contributed by atoms with Crippen LogP contribution in [0.1, 0.15) is 5.56 Å². The molecule has 0 aliphatic heterocycles. The fourth-order valence-corrected chi connectivity index (χ4v) is 1.63. The number of benzene rings is 1. The summed E-state index contributed by atoms with van der Waals surface area (Å²) in [5.74, 6) is -0.0349. The molecule has 1 N–H and O–H groups in total. The zero-order chi connectivity index (χ0) is 16.2. The molecule has 1 heterocycles. The number of nitrogens with one attached hydrogen (secondary N) is 1. The molecule has 0 fully saturated rings. The summed E-state index contributed by atoms with van der Waals surface area (Å²) in [6.45, 7) is -0.352. The van der Waals surface area contributed by atoms with Gasteiger partial charge in [0.25, 0.3) is 5.91 Å². The molecule has 0 saturated carbocycles. The van der Waals surface area contributed by atoms with Crippen molar-refractivity contribution in [3.63, 3.8) is 0 Å². The summed E-state index contributed by atoms with van der Waals surface area (Å²) in [5.41, 5.74) is -0.783. The quantitative estimate of drug-likeness (QED) is 0.928. The minimum atomic E-state index is -4.41. The third kappa shape index (κ3) is 4.63. The largest absolute Gasteiger partial charge is 0.484 e. The van der Waals surface area contributed by atoms with E-state index in [4.69, 9.17) is 16.3 Å². The molecule has 4 nitrogen and oxygen atoms in total. The van der Waals surface area contributed by atoms with E-state index in [0.717, 1.165) is 24.3 Å². The Morgan fingerprint density at radius 1 is 1.18 bits per heavy atom. The van der Waals surface area contributed by atoms with Gasteiger partial charge in [-0.05, 0) is 36.4 Å². The van der Waals surface area contributed by atoms with Gasteiger partial charge in [0.15, 0.2) is 6.61 Å². The van der Waals surface area contributed by atoms with E-state index in [9.17, 15) is 18.0 Å². The number of hydrogen-bond acceptors (Lipinski definition) is 3. The second kappa shape index (κ2) is 6.65. The summed E-state index contributed by atoms with van der Waals surface area (Å²) >= 11 is 5.65. The Morgan fingerprint density at radius 2 is 1.86 bits per heavy atom. The number of anilines is 1. The molecule has 0 aliphatic rings. The maximum atomic E-state index is 12.4. The average molecular weight is 331 g/mol. The lowest BCUT2D eigenvalue weighted by Crippen LogP contribution is -2.20. The van der Waals surface area contributed by atoms with Crippen molar-refractivity contribution >= 4 is 23.3 Å². The number of alkyl halides is 3. The van der Waals surface area contributed by atoms with Crippen molar-refractivity contribution in [2.45, 2.75) is 6.18 Å². The minimum Gasteiger partial charge on any atom is -0.484 e. The van der Waals surface area contributed by atoms with Gasteiger partial charge in [-0.1, -0.05) is 11.6 Å². The lowest BCUT2D eigenvalue weighted by molar-refractivity contribution is -0.137. The van der Waals surface area contributed by atoms with E-state index in [2.05, 4.69) is 10.3 Å². The predicted octanol–water partition coefficient (Wildman–Crippen LogP) is 3.77. The van der Waals surface area contributed by atoms with Crippen LogP contribution in [0, 0.1) is 0 Å². The second-order valence-electron chi connectivity index (χ2n) is 4.22. The first-order valence-corrected chi connectivity index (χ1v) is 6.44. The SMILES string of the molecule is O=C(COc1ccc(C(F)(F)F)cc1)Nc1ccc(Cl)cn1. The lowest BCUT2D eigenvalue weighted by Gasteiger charge is -2.09. The maximum Gasteiger partial charge on any atom is 0.416 e. The van der Waals surface area contributed by atoms with Crippen LogP contribution in [0.3, 0.4) is 0 Å². The second-order valence-corrected chi connectivity index (χ2v) is 4.66. The number of hydrogen-bond donors (Lipinski definition) is 1. The summed E-state index contributed by atoms with van der Waals surface area (Å²) in [6.07, 6.45) is -3.04. The van der Waals surface area contributed by atoms with E-state index in [1.54, 1.807) is 6.07 Å². The summed E-state index contributed by atoms with van der Waals surface area (Å²) in [6, 6.07) is 7.13. The molecule has 0 radical (unpaired) electrons. The van der Waals surface area contributed by atoms with Gasteiger partial charge in [-0.15, -0.1) is 0 Å². The van der Waals surface area contributed by atoms with Crippen LogP contribution in [0.25, 0.3) is 0 Å². The van der Waals surface area contributed by atoms with Gasteiger partial charge in [-0.3, -0.25) is 4.79 Å². The van der Waals surface area contributed by atoms with Crippen LogP contribution in [0.5, 0.6) is 5.75 Å². The number of carbonyl (C=O) groups is 1. The summed E-state index contributed by atoms with van der Waals surface area (Å²) < 4.78 is 42.2. The Labute approximate surface area is 128 Å². The molecule has 1 aromatic carbocycles. The minimum absolute atomic E-state index is 0.159. The van der Waals surface area contributed by atoms with Gasteiger partial charge >= 0.3 is 6.18 Å². The summed E-state index contributed by atoms with van der Waals surface area (Å²) in [7, 11) is 0. The molecule has 1 amide bonds. The fourth-order valence-electron chi connectivity index (χ4n) is 1.52. The molecule has 0 unspecified atom stereocenters. The molecular formula is C14H10ClF3N2O2. The Hall–Kier alpha value is -2.28. The number of carbonyl (C=O) groups excluding carboxylic acids is 1. The van der Waals surface area contributed by atoms with E-state index in [0.29, 0.717) is 10.8 Å². The Kier molecular flexibility index (Phi) is 4.87. The van der Waals surface area contributed by atoms with Crippen molar-refractivity contribution in [3.05, 3.63) is 53.2 Å². The smallest absolute Gasteiger partial charge is 0.416 e. The number of amides is 1. The molecule has 8 heteroatoms. The number of rotatable bonds is 4. The van der Waals surface area contributed by atoms with Gasteiger partial charge in [0.2, 0.25) is 0 Å². The van der Waals surface area contributed by atoms with Crippen molar-refractivity contribution in [1.29, 1.82) is 0 Å². The van der Waals surface area contributed by atoms with Crippen LogP contribution in [0.2, 0.25) is 5.02 Å². The Morgan fingerprint density at radius 3 is 2.41 bits per heavy atom. The van der Waals surface area contributed by atoms with Crippen molar-refractivity contribution in [3.8, 4) is 5.75 Å². The summed E-state index contributed by atoms with van der Waals surface area (Å²) in [4.78, 5) is 15.5. The highest BCUT2D eigenvalue weighted by atomic mass is 35.5. The van der Waals surface area contributed by atoms with Crippen LogP contribution < -0.4 is 10.1 Å². The van der Waals surface area contributed by atoms with Gasteiger partial charge in [0, 0.05) is 6.20 Å². The van der Waals surface area contributed by atoms with E-state index in [1.807, 2.05) is 0 Å². The number of nitrogens with zero attached hydrogens (tertiary/aromatic N) is 1. The molecule has 1 aromatic heterocycles. The van der Waals surface area contributed by atoms with E-state index in [-0.39, 0.29) is 12.4 Å². The zero-order valence-electron chi connectivity index (χ0n) is 11.0. The molecular weight excluding hydrogens is 321 g/mol. The molecule has 0 bridgehead atoms. The topological polar surface area (TPSA) is 51.2 Å². The van der Waals surface area contributed by atoms with Gasteiger partial charge in [-0.2, -0.15) is 13.2 Å². The summed E-state index contributed by atoms with van der Waals surface area (Å²) in [5, 5.41) is 2.89. The molecule has 116 valence electrons. The highest BCUT2D eigenvalue weighted by molar-refractivity contribution is 6.30. The van der Waals surface area contributed by atoms with Crippen molar-refractivity contribution < 1.29 is 22.7 Å².